The van der Waals surface area contributed by atoms with E-state index in [0.717, 1.165) is 10.0 Å². The van der Waals surface area contributed by atoms with Gasteiger partial charge in [0.05, 0.1) is 0 Å². The van der Waals surface area contributed by atoms with Gasteiger partial charge in [0, 0.05) is 14.6 Å². The van der Waals surface area contributed by atoms with Gasteiger partial charge in [0.1, 0.15) is 0 Å². The van der Waals surface area contributed by atoms with E-state index in [2.05, 4.69) is 38.5 Å². The Morgan fingerprint density at radius 3 is 2.70 bits per heavy atom. The summed E-state index contributed by atoms with van der Waals surface area (Å²) in [4.78, 5) is 0. The van der Waals surface area contributed by atoms with Gasteiger partial charge in [-0.05, 0) is 50.2 Å². The van der Waals surface area contributed by atoms with Crippen molar-refractivity contribution in [3.05, 3.63) is 31.8 Å². The fourth-order valence-electron chi connectivity index (χ4n) is 0.706. The molecule has 0 aliphatic rings. The number of halogens is 2. The zero-order valence-corrected chi connectivity index (χ0v) is 9.02. The van der Waals surface area contributed by atoms with Crippen molar-refractivity contribution in [3.8, 4) is 0 Å². The van der Waals surface area contributed by atoms with Gasteiger partial charge in [0.15, 0.2) is 0 Å². The van der Waals surface area contributed by atoms with Crippen LogP contribution < -0.4 is 5.73 Å². The van der Waals surface area contributed by atoms with E-state index in [-0.39, 0.29) is 0 Å². The summed E-state index contributed by atoms with van der Waals surface area (Å²) in [5.74, 6) is 0. The largest absolute Gasteiger partial charge is 0.326 e. The van der Waals surface area contributed by atoms with Crippen LogP contribution in [-0.2, 0) is 6.54 Å². The van der Waals surface area contributed by atoms with E-state index in [9.17, 15) is 0 Å². The highest BCUT2D eigenvalue weighted by Crippen LogP contribution is 2.22. The molecule has 0 saturated heterocycles. The molecule has 0 heterocycles. The van der Waals surface area contributed by atoms with Crippen LogP contribution in [-0.4, -0.2) is 0 Å². The molecule has 54 valence electrons. The Labute approximate surface area is 82.3 Å². The van der Waals surface area contributed by atoms with Crippen LogP contribution in [0.1, 0.15) is 5.56 Å². The van der Waals surface area contributed by atoms with Crippen LogP contribution in [0.15, 0.2) is 22.7 Å². The summed E-state index contributed by atoms with van der Waals surface area (Å²) in [7, 11) is 0. The molecule has 2 N–H and O–H groups in total. The lowest BCUT2D eigenvalue weighted by atomic mass is 10.2. The monoisotopic (exact) mass is 311 g/mol. The first-order chi connectivity index (χ1) is 4.75. The molecule has 0 atom stereocenters. The maximum absolute atomic E-state index is 5.49. The molecule has 10 heavy (non-hydrogen) atoms. The summed E-state index contributed by atoms with van der Waals surface area (Å²) in [6.07, 6.45) is 0. The number of hydrogen-bond acceptors (Lipinski definition) is 1. The van der Waals surface area contributed by atoms with Gasteiger partial charge in [-0.25, -0.2) is 0 Å². The van der Waals surface area contributed by atoms with Gasteiger partial charge in [-0.3, -0.25) is 0 Å². The molecule has 0 amide bonds. The van der Waals surface area contributed by atoms with Crippen molar-refractivity contribution in [3.63, 3.8) is 0 Å². The quantitative estimate of drug-likeness (QED) is 0.792. The fourth-order valence-corrected chi connectivity index (χ4v) is 1.69. The van der Waals surface area contributed by atoms with E-state index < -0.39 is 0 Å². The average Bonchev–Trinajstić information content (AvgIpc) is 1.95. The van der Waals surface area contributed by atoms with Gasteiger partial charge in [-0.2, -0.15) is 0 Å². The van der Waals surface area contributed by atoms with Crippen LogP contribution in [0.5, 0.6) is 0 Å². The van der Waals surface area contributed by atoms with E-state index in [0.29, 0.717) is 6.54 Å². The smallest absolute Gasteiger partial charge is 0.0353 e. The summed E-state index contributed by atoms with van der Waals surface area (Å²) in [5, 5.41) is 0. The van der Waals surface area contributed by atoms with Crippen LogP contribution in [0.3, 0.4) is 0 Å². The number of rotatable bonds is 1. The molecule has 1 rings (SSSR count). The molecular weight excluding hydrogens is 305 g/mol. The molecule has 1 nitrogen and oxygen atoms in total. The Hall–Kier alpha value is 0.390. The summed E-state index contributed by atoms with van der Waals surface area (Å²) in [6.45, 7) is 0.595. The van der Waals surface area contributed by atoms with Gasteiger partial charge in [-0.15, -0.1) is 0 Å². The van der Waals surface area contributed by atoms with Crippen molar-refractivity contribution < 1.29 is 0 Å². The number of benzene rings is 1. The second-order valence-corrected chi connectivity index (χ2v) is 3.87. The highest BCUT2D eigenvalue weighted by Gasteiger charge is 1.99. The molecular formula is C7H7BrIN. The molecule has 1 aromatic rings. The molecule has 0 bridgehead atoms. The number of nitrogens with two attached hydrogens (primary N) is 1. The zero-order chi connectivity index (χ0) is 7.56. The third-order valence-corrected chi connectivity index (χ3v) is 3.83. The van der Waals surface area contributed by atoms with Crippen molar-refractivity contribution in [1.82, 2.24) is 0 Å². The lowest BCUT2D eigenvalue weighted by Crippen LogP contribution is -1.97. The Morgan fingerprint density at radius 2 is 2.20 bits per heavy atom. The Balaban J connectivity index is 3.14. The van der Waals surface area contributed by atoms with Crippen LogP contribution in [0.2, 0.25) is 0 Å². The molecule has 0 aliphatic heterocycles. The van der Waals surface area contributed by atoms with Gasteiger partial charge >= 0.3 is 0 Å². The van der Waals surface area contributed by atoms with E-state index >= 15 is 0 Å². The second-order valence-electron chi connectivity index (χ2n) is 1.92. The topological polar surface area (TPSA) is 26.0 Å². The highest BCUT2D eigenvalue weighted by molar-refractivity contribution is 14.1. The van der Waals surface area contributed by atoms with Crippen molar-refractivity contribution in [2.24, 2.45) is 5.73 Å². The molecule has 0 aromatic heterocycles. The van der Waals surface area contributed by atoms with Gasteiger partial charge in [0.2, 0.25) is 0 Å². The molecule has 0 unspecified atom stereocenters. The third-order valence-electron chi connectivity index (χ3n) is 1.25. The van der Waals surface area contributed by atoms with Gasteiger partial charge < -0.3 is 5.73 Å². The van der Waals surface area contributed by atoms with Crippen LogP contribution in [0, 0.1) is 3.57 Å². The second kappa shape index (κ2) is 3.69. The highest BCUT2D eigenvalue weighted by atomic mass is 127. The molecule has 0 aliphatic carbocycles. The van der Waals surface area contributed by atoms with Crippen molar-refractivity contribution in [1.29, 1.82) is 0 Å². The van der Waals surface area contributed by atoms with Crippen LogP contribution >= 0.6 is 38.5 Å². The predicted molar refractivity (Wildman–Crippen MR) is 54.8 cm³/mol. The van der Waals surface area contributed by atoms with E-state index in [1.54, 1.807) is 0 Å². The average molecular weight is 312 g/mol. The summed E-state index contributed by atoms with van der Waals surface area (Å²) in [6, 6.07) is 6.07. The summed E-state index contributed by atoms with van der Waals surface area (Å²) in [5.41, 5.74) is 6.65. The standard InChI is InChI=1S/C7H7BrIN/c8-7-5(4-10)2-1-3-6(7)9/h1-3H,4,10H2. The van der Waals surface area contributed by atoms with E-state index in [1.807, 2.05) is 18.2 Å². The summed E-state index contributed by atoms with van der Waals surface area (Å²) >= 11 is 5.72. The first-order valence-electron chi connectivity index (χ1n) is 2.88. The Kier molecular flexibility index (Phi) is 3.13. The minimum Gasteiger partial charge on any atom is -0.326 e. The lowest BCUT2D eigenvalue weighted by molar-refractivity contribution is 1.06. The molecule has 0 radical (unpaired) electrons. The maximum atomic E-state index is 5.49. The van der Waals surface area contributed by atoms with Gasteiger partial charge in [0.25, 0.3) is 0 Å². The third kappa shape index (κ3) is 1.71. The van der Waals surface area contributed by atoms with Crippen molar-refractivity contribution in [2.45, 2.75) is 6.54 Å². The Bertz CT molecular complexity index is 237. The fraction of sp³-hybridized carbons (Fsp3) is 0.143. The minimum absolute atomic E-state index is 0.595. The zero-order valence-electron chi connectivity index (χ0n) is 5.27. The van der Waals surface area contributed by atoms with E-state index in [4.69, 9.17) is 5.73 Å². The van der Waals surface area contributed by atoms with Gasteiger partial charge in [-0.1, -0.05) is 12.1 Å². The van der Waals surface area contributed by atoms with Crippen molar-refractivity contribution >= 4 is 38.5 Å². The molecule has 0 fully saturated rings. The lowest BCUT2D eigenvalue weighted by Gasteiger charge is -2.01. The van der Waals surface area contributed by atoms with Crippen LogP contribution in [0.25, 0.3) is 0 Å². The maximum Gasteiger partial charge on any atom is 0.0353 e. The van der Waals surface area contributed by atoms with Crippen LogP contribution in [0.4, 0.5) is 0 Å². The minimum atomic E-state index is 0.595. The van der Waals surface area contributed by atoms with E-state index in [1.165, 1.54) is 3.57 Å². The Morgan fingerprint density at radius 1 is 1.50 bits per heavy atom. The first-order valence-corrected chi connectivity index (χ1v) is 4.76. The molecule has 0 spiro atoms. The SMILES string of the molecule is NCc1cccc(I)c1Br. The first kappa shape index (κ1) is 8.49. The van der Waals surface area contributed by atoms with Crippen molar-refractivity contribution in [2.75, 3.05) is 0 Å². The normalized spacial score (nSPS) is 9.90. The molecule has 3 heteroatoms. The number of hydrogen-bond donors (Lipinski definition) is 1. The molecule has 0 saturated carbocycles. The predicted octanol–water partition coefficient (Wildman–Crippen LogP) is 2.51. The molecule has 1 aromatic carbocycles. The summed E-state index contributed by atoms with van der Waals surface area (Å²) < 4.78 is 2.33.